The van der Waals surface area contributed by atoms with Crippen LogP contribution in [0.4, 0.5) is 0 Å². The number of hydrogen-bond acceptors (Lipinski definition) is 3. The molecule has 5 heteroatoms. The van der Waals surface area contributed by atoms with Gasteiger partial charge in [0.15, 0.2) is 0 Å². The van der Waals surface area contributed by atoms with Crippen LogP contribution in [0.3, 0.4) is 0 Å². The summed E-state index contributed by atoms with van der Waals surface area (Å²) in [5, 5.41) is 9.88. The van der Waals surface area contributed by atoms with E-state index in [9.17, 15) is 19.5 Å². The number of amides is 1. The monoisotopic (exact) mass is 421 g/mol. The molecule has 2 aromatic carbocycles. The van der Waals surface area contributed by atoms with Crippen LogP contribution in [0.25, 0.3) is 0 Å². The van der Waals surface area contributed by atoms with E-state index < -0.39 is 29.1 Å². The maximum Gasteiger partial charge on any atom is 0.326 e. The maximum absolute atomic E-state index is 12.7. The molecule has 1 aliphatic heterocycles. The normalized spacial score (nSPS) is 18.9. The van der Waals surface area contributed by atoms with E-state index in [0.29, 0.717) is 19.4 Å². The summed E-state index contributed by atoms with van der Waals surface area (Å²) in [7, 11) is 0. The average Bonchev–Trinajstić information content (AvgIpc) is 3.18. The summed E-state index contributed by atoms with van der Waals surface area (Å²) in [6.45, 7) is 5.35. The topological polar surface area (TPSA) is 74.7 Å². The second kappa shape index (κ2) is 9.46. The van der Waals surface area contributed by atoms with Crippen molar-refractivity contribution in [2.75, 3.05) is 6.54 Å². The predicted molar refractivity (Wildman–Crippen MR) is 120 cm³/mol. The van der Waals surface area contributed by atoms with E-state index in [2.05, 4.69) is 24.3 Å². The van der Waals surface area contributed by atoms with Gasteiger partial charge in [-0.3, -0.25) is 9.59 Å². The van der Waals surface area contributed by atoms with Crippen molar-refractivity contribution in [2.45, 2.75) is 52.0 Å². The third kappa shape index (κ3) is 5.22. The van der Waals surface area contributed by atoms with Gasteiger partial charge in [-0.25, -0.2) is 4.79 Å². The first kappa shape index (κ1) is 22.7. The summed E-state index contributed by atoms with van der Waals surface area (Å²) in [4.78, 5) is 38.6. The number of benzene rings is 2. The van der Waals surface area contributed by atoms with Gasteiger partial charge in [0.2, 0.25) is 5.78 Å². The lowest BCUT2D eigenvalue weighted by Crippen LogP contribution is -2.48. The first-order valence-corrected chi connectivity index (χ1v) is 10.9. The molecule has 0 bridgehead atoms. The average molecular weight is 422 g/mol. The van der Waals surface area contributed by atoms with Crippen LogP contribution in [0, 0.1) is 11.3 Å². The van der Waals surface area contributed by atoms with Crippen LogP contribution in [0.2, 0.25) is 0 Å². The lowest BCUT2D eigenvalue weighted by atomic mass is 9.83. The fraction of sp³-hybridized carbons (Fsp3) is 0.423. The Morgan fingerprint density at radius 3 is 1.94 bits per heavy atom. The Morgan fingerprint density at radius 1 is 0.968 bits per heavy atom. The molecule has 31 heavy (non-hydrogen) atoms. The number of nitrogens with zero attached hydrogens (tertiary/aromatic N) is 1. The van der Waals surface area contributed by atoms with Crippen LogP contribution in [-0.4, -0.2) is 40.3 Å². The van der Waals surface area contributed by atoms with Crippen molar-refractivity contribution in [2.24, 2.45) is 11.3 Å². The standard InChI is InChI=1S/C26H31NO4/c1-26(2,3)23(28)24(29)27-17-16-20(22(27)25(30)31)14-15-21(18-10-6-4-7-11-18)19-12-8-5-9-13-19/h4-13,20-22H,14-17H2,1-3H3,(H,30,31)/t20?,22-/m0/s1. The molecule has 1 fully saturated rings. The van der Waals surface area contributed by atoms with Crippen molar-refractivity contribution in [3.8, 4) is 0 Å². The predicted octanol–water partition coefficient (Wildman–Crippen LogP) is 4.52. The number of Topliss-reactive ketones (excluding diaryl/α,β-unsaturated/α-hetero) is 1. The summed E-state index contributed by atoms with van der Waals surface area (Å²) in [6.07, 6.45) is 2.03. The highest BCUT2D eigenvalue weighted by molar-refractivity contribution is 6.38. The highest BCUT2D eigenvalue weighted by Crippen LogP contribution is 2.36. The number of aliphatic carboxylic acids is 1. The van der Waals surface area contributed by atoms with Crippen LogP contribution in [0.1, 0.15) is 57.1 Å². The van der Waals surface area contributed by atoms with Gasteiger partial charge < -0.3 is 10.0 Å². The molecule has 1 amide bonds. The Bertz CT molecular complexity index is 878. The second-order valence-corrected chi connectivity index (χ2v) is 9.36. The van der Waals surface area contributed by atoms with Gasteiger partial charge in [0, 0.05) is 17.9 Å². The number of carboxylic acid groups (broad SMARTS) is 1. The van der Waals surface area contributed by atoms with Crippen LogP contribution in [-0.2, 0) is 14.4 Å². The van der Waals surface area contributed by atoms with E-state index in [4.69, 9.17) is 0 Å². The Kier molecular flexibility index (Phi) is 6.94. The van der Waals surface area contributed by atoms with Crippen molar-refractivity contribution in [1.29, 1.82) is 0 Å². The Labute approximate surface area is 184 Å². The van der Waals surface area contributed by atoms with E-state index in [0.717, 1.165) is 6.42 Å². The molecular weight excluding hydrogens is 390 g/mol. The molecule has 0 spiro atoms. The number of rotatable bonds is 7. The van der Waals surface area contributed by atoms with Gasteiger partial charge in [-0.15, -0.1) is 0 Å². The minimum absolute atomic E-state index is 0.151. The lowest BCUT2D eigenvalue weighted by Gasteiger charge is -2.27. The molecule has 1 N–H and O–H groups in total. The van der Waals surface area contributed by atoms with Crippen LogP contribution in [0.5, 0.6) is 0 Å². The molecule has 164 valence electrons. The van der Waals surface area contributed by atoms with Gasteiger partial charge in [-0.1, -0.05) is 81.4 Å². The molecule has 3 rings (SSSR count). The number of carboxylic acids is 1. The molecule has 1 heterocycles. The zero-order valence-electron chi connectivity index (χ0n) is 18.5. The zero-order valence-corrected chi connectivity index (χ0v) is 18.5. The maximum atomic E-state index is 12.7. The van der Waals surface area contributed by atoms with E-state index in [-0.39, 0.29) is 11.8 Å². The molecule has 0 aromatic heterocycles. The second-order valence-electron chi connectivity index (χ2n) is 9.36. The minimum atomic E-state index is -1.03. The summed E-state index contributed by atoms with van der Waals surface area (Å²) in [5.74, 6) is -2.27. The van der Waals surface area contributed by atoms with Gasteiger partial charge in [0.1, 0.15) is 6.04 Å². The van der Waals surface area contributed by atoms with E-state index >= 15 is 0 Å². The van der Waals surface area contributed by atoms with E-state index in [1.54, 1.807) is 20.8 Å². The Balaban J connectivity index is 1.78. The number of carbonyl (C=O) groups excluding carboxylic acids is 2. The van der Waals surface area contributed by atoms with Crippen LogP contribution < -0.4 is 0 Å². The number of carbonyl (C=O) groups is 3. The van der Waals surface area contributed by atoms with Gasteiger partial charge in [0.25, 0.3) is 5.91 Å². The first-order valence-electron chi connectivity index (χ1n) is 10.9. The fourth-order valence-electron chi connectivity index (χ4n) is 4.45. The Hall–Kier alpha value is -2.95. The summed E-state index contributed by atoms with van der Waals surface area (Å²) in [5.41, 5.74) is 1.55. The molecule has 1 aliphatic rings. The van der Waals surface area contributed by atoms with Crippen molar-refractivity contribution >= 4 is 17.7 Å². The number of ketones is 1. The van der Waals surface area contributed by atoms with Gasteiger partial charge in [-0.05, 0) is 36.3 Å². The quantitative estimate of drug-likeness (QED) is 0.667. The smallest absolute Gasteiger partial charge is 0.326 e. The highest BCUT2D eigenvalue weighted by Gasteiger charge is 2.45. The molecular formula is C26H31NO4. The molecule has 0 radical (unpaired) electrons. The molecule has 2 aromatic rings. The van der Waals surface area contributed by atoms with Crippen LogP contribution >= 0.6 is 0 Å². The third-order valence-corrected chi connectivity index (χ3v) is 6.14. The molecule has 2 atom stereocenters. The molecule has 1 saturated heterocycles. The molecule has 0 aliphatic carbocycles. The summed E-state index contributed by atoms with van der Waals surface area (Å²) in [6, 6.07) is 19.5. The SMILES string of the molecule is CC(C)(C)C(=O)C(=O)N1CCC(CCC(c2ccccc2)c2ccccc2)[C@H]1C(=O)O. The van der Waals surface area contributed by atoms with E-state index in [1.165, 1.54) is 16.0 Å². The van der Waals surface area contributed by atoms with Gasteiger partial charge >= 0.3 is 5.97 Å². The molecule has 5 nitrogen and oxygen atoms in total. The van der Waals surface area contributed by atoms with Crippen molar-refractivity contribution in [3.05, 3.63) is 71.8 Å². The summed E-state index contributed by atoms with van der Waals surface area (Å²) >= 11 is 0. The van der Waals surface area contributed by atoms with Gasteiger partial charge in [0.05, 0.1) is 0 Å². The number of hydrogen-bond donors (Lipinski definition) is 1. The van der Waals surface area contributed by atoms with Gasteiger partial charge in [-0.2, -0.15) is 0 Å². The van der Waals surface area contributed by atoms with Crippen molar-refractivity contribution in [3.63, 3.8) is 0 Å². The third-order valence-electron chi connectivity index (χ3n) is 6.14. The fourth-order valence-corrected chi connectivity index (χ4v) is 4.45. The Morgan fingerprint density at radius 2 is 1.48 bits per heavy atom. The van der Waals surface area contributed by atoms with Crippen molar-refractivity contribution < 1.29 is 19.5 Å². The minimum Gasteiger partial charge on any atom is -0.480 e. The molecule has 0 saturated carbocycles. The van der Waals surface area contributed by atoms with Crippen molar-refractivity contribution in [1.82, 2.24) is 4.90 Å². The number of likely N-dealkylation sites (tertiary alicyclic amines) is 1. The summed E-state index contributed by atoms with van der Waals surface area (Å²) < 4.78 is 0. The highest BCUT2D eigenvalue weighted by atomic mass is 16.4. The molecule has 1 unspecified atom stereocenters. The lowest BCUT2D eigenvalue weighted by molar-refractivity contribution is -0.155. The largest absolute Gasteiger partial charge is 0.480 e. The zero-order chi connectivity index (χ0) is 22.6. The van der Waals surface area contributed by atoms with E-state index in [1.807, 2.05) is 36.4 Å². The van der Waals surface area contributed by atoms with Crippen LogP contribution in [0.15, 0.2) is 60.7 Å². The first-order chi connectivity index (χ1) is 14.7.